The number of Topliss-reactive ketones (excluding diaryl/α,β-unsaturated/α-hetero) is 1. The van der Waals surface area contributed by atoms with Crippen LogP contribution in [0.1, 0.15) is 29.4 Å². The lowest BCUT2D eigenvalue weighted by atomic mass is 10.0. The highest BCUT2D eigenvalue weighted by molar-refractivity contribution is 6.09. The molecule has 1 aromatic carbocycles. The lowest BCUT2D eigenvalue weighted by molar-refractivity contribution is -0.131. The summed E-state index contributed by atoms with van der Waals surface area (Å²) < 4.78 is 0. The number of pyridine rings is 1. The molecule has 3 aromatic rings. The van der Waals surface area contributed by atoms with Gasteiger partial charge in [0.1, 0.15) is 0 Å². The molecule has 0 fully saturated rings. The van der Waals surface area contributed by atoms with Crippen molar-refractivity contribution in [2.24, 2.45) is 0 Å². The molecule has 0 unspecified atom stereocenters. The highest BCUT2D eigenvalue weighted by Crippen LogP contribution is 2.37. The van der Waals surface area contributed by atoms with Gasteiger partial charge in [-0.3, -0.25) is 14.6 Å². The van der Waals surface area contributed by atoms with Gasteiger partial charge in [0.2, 0.25) is 5.91 Å². The zero-order valence-corrected chi connectivity index (χ0v) is 15.0. The van der Waals surface area contributed by atoms with Crippen molar-refractivity contribution in [2.75, 3.05) is 11.9 Å². The van der Waals surface area contributed by atoms with E-state index >= 15 is 0 Å². The van der Waals surface area contributed by atoms with E-state index in [9.17, 15) is 9.59 Å². The van der Waals surface area contributed by atoms with Crippen LogP contribution in [0, 0.1) is 0 Å². The number of fused-ring (bicyclic) bond motifs is 1. The third-order valence-corrected chi connectivity index (χ3v) is 4.71. The number of carbonyl (C=O) groups is 2. The third kappa shape index (κ3) is 3.21. The molecule has 0 bridgehead atoms. The average Bonchev–Trinajstić information content (AvgIpc) is 3.07. The van der Waals surface area contributed by atoms with Crippen LogP contribution in [0.5, 0.6) is 0 Å². The summed E-state index contributed by atoms with van der Waals surface area (Å²) in [5, 5.41) is 3.39. The van der Waals surface area contributed by atoms with Crippen molar-refractivity contribution < 1.29 is 9.59 Å². The van der Waals surface area contributed by atoms with Gasteiger partial charge < -0.3 is 15.2 Å². The Bertz CT molecular complexity index is 980. The van der Waals surface area contributed by atoms with Gasteiger partial charge in [-0.2, -0.15) is 0 Å². The van der Waals surface area contributed by atoms with E-state index in [1.54, 1.807) is 17.3 Å². The minimum Gasteiger partial charge on any atom is -0.355 e. The Hall–Kier alpha value is -3.41. The molecule has 4 rings (SSSR count). The first kappa shape index (κ1) is 17.0. The number of ketones is 1. The number of nitrogens with one attached hydrogen (secondary N) is 2. The summed E-state index contributed by atoms with van der Waals surface area (Å²) in [4.78, 5) is 34.1. The fourth-order valence-electron chi connectivity index (χ4n) is 3.40. The summed E-state index contributed by atoms with van der Waals surface area (Å²) >= 11 is 0. The first-order chi connectivity index (χ1) is 13.2. The highest BCUT2D eigenvalue weighted by atomic mass is 16.2. The molecule has 2 N–H and O–H groups in total. The van der Waals surface area contributed by atoms with Crippen LogP contribution in [0.4, 0.5) is 11.4 Å². The number of amides is 1. The number of para-hydroxylation sites is 1. The molecule has 0 saturated carbocycles. The number of anilines is 2. The Balaban J connectivity index is 1.82. The summed E-state index contributed by atoms with van der Waals surface area (Å²) in [5.41, 5.74) is 4.79. The molecule has 1 aliphatic rings. The van der Waals surface area contributed by atoms with Crippen molar-refractivity contribution in [3.8, 4) is 11.3 Å². The minimum absolute atomic E-state index is 0.0216. The molecule has 0 saturated heterocycles. The Labute approximate surface area is 157 Å². The third-order valence-electron chi connectivity index (χ3n) is 4.71. The van der Waals surface area contributed by atoms with Gasteiger partial charge in [0.25, 0.3) is 0 Å². The zero-order valence-electron chi connectivity index (χ0n) is 15.0. The Kier molecular flexibility index (Phi) is 4.46. The topological polar surface area (TPSA) is 78.1 Å². The van der Waals surface area contributed by atoms with Crippen molar-refractivity contribution in [2.45, 2.75) is 19.9 Å². The van der Waals surface area contributed by atoms with Crippen LogP contribution in [0.2, 0.25) is 0 Å². The zero-order chi connectivity index (χ0) is 18.8. The van der Waals surface area contributed by atoms with E-state index in [0.29, 0.717) is 18.5 Å². The fourth-order valence-corrected chi connectivity index (χ4v) is 3.40. The van der Waals surface area contributed by atoms with Gasteiger partial charge in [0.15, 0.2) is 5.78 Å². The second-order valence-corrected chi connectivity index (χ2v) is 6.48. The van der Waals surface area contributed by atoms with E-state index in [-0.39, 0.29) is 18.2 Å². The van der Waals surface area contributed by atoms with Gasteiger partial charge >= 0.3 is 0 Å². The molecular formula is C21H20N4O2. The SMILES string of the molecule is CCC(=O)N1CC(=O)c2c([nH]c(-c3ccncc3)c2Nc2ccccc2)C1. The predicted octanol–water partition coefficient (Wildman–Crippen LogP) is 3.76. The molecule has 0 aliphatic carbocycles. The van der Waals surface area contributed by atoms with Crippen LogP contribution in [0.25, 0.3) is 11.3 Å². The number of aromatic amines is 1. The van der Waals surface area contributed by atoms with Crippen LogP contribution in [0.3, 0.4) is 0 Å². The smallest absolute Gasteiger partial charge is 0.223 e. The van der Waals surface area contributed by atoms with Crippen LogP contribution >= 0.6 is 0 Å². The van der Waals surface area contributed by atoms with E-state index in [4.69, 9.17) is 0 Å². The van der Waals surface area contributed by atoms with Crippen molar-refractivity contribution in [3.63, 3.8) is 0 Å². The van der Waals surface area contributed by atoms with Gasteiger partial charge in [-0.25, -0.2) is 0 Å². The largest absolute Gasteiger partial charge is 0.355 e. The second kappa shape index (κ2) is 7.07. The number of H-pyrrole nitrogens is 1. The number of hydrogen-bond acceptors (Lipinski definition) is 4. The van der Waals surface area contributed by atoms with E-state index in [0.717, 1.165) is 28.3 Å². The van der Waals surface area contributed by atoms with E-state index < -0.39 is 0 Å². The van der Waals surface area contributed by atoms with Crippen molar-refractivity contribution in [1.82, 2.24) is 14.9 Å². The molecule has 136 valence electrons. The number of rotatable bonds is 4. The maximum atomic E-state index is 12.9. The number of hydrogen-bond donors (Lipinski definition) is 2. The molecule has 0 radical (unpaired) electrons. The summed E-state index contributed by atoms with van der Waals surface area (Å²) in [6, 6.07) is 13.5. The van der Waals surface area contributed by atoms with Gasteiger partial charge in [-0.05, 0) is 24.3 Å². The molecule has 6 nitrogen and oxygen atoms in total. The lowest BCUT2D eigenvalue weighted by Gasteiger charge is -2.26. The van der Waals surface area contributed by atoms with E-state index in [1.807, 2.05) is 49.4 Å². The van der Waals surface area contributed by atoms with E-state index in [2.05, 4.69) is 15.3 Å². The molecule has 3 heterocycles. The summed E-state index contributed by atoms with van der Waals surface area (Å²) in [6.45, 7) is 2.32. The quantitative estimate of drug-likeness (QED) is 0.743. The van der Waals surface area contributed by atoms with Crippen LogP contribution < -0.4 is 5.32 Å². The van der Waals surface area contributed by atoms with Gasteiger partial charge in [0.05, 0.1) is 30.0 Å². The maximum Gasteiger partial charge on any atom is 0.223 e. The molecule has 1 aliphatic heterocycles. The van der Waals surface area contributed by atoms with Gasteiger partial charge in [-0.15, -0.1) is 0 Å². The number of carbonyl (C=O) groups excluding carboxylic acids is 2. The minimum atomic E-state index is -0.0620. The summed E-state index contributed by atoms with van der Waals surface area (Å²) in [7, 11) is 0. The van der Waals surface area contributed by atoms with Crippen molar-refractivity contribution in [3.05, 3.63) is 66.1 Å². The average molecular weight is 360 g/mol. The fraction of sp³-hybridized carbons (Fsp3) is 0.190. The monoisotopic (exact) mass is 360 g/mol. The predicted molar refractivity (Wildman–Crippen MR) is 104 cm³/mol. The molecule has 2 aromatic heterocycles. The van der Waals surface area contributed by atoms with Gasteiger partial charge in [-0.1, -0.05) is 25.1 Å². The Morgan fingerprint density at radius 2 is 1.89 bits per heavy atom. The molecule has 1 amide bonds. The number of nitrogens with zero attached hydrogens (tertiary/aromatic N) is 2. The summed E-state index contributed by atoms with van der Waals surface area (Å²) in [6.07, 6.45) is 3.82. The normalized spacial score (nSPS) is 13.4. The highest BCUT2D eigenvalue weighted by Gasteiger charge is 2.32. The Morgan fingerprint density at radius 3 is 2.59 bits per heavy atom. The number of benzene rings is 1. The first-order valence-corrected chi connectivity index (χ1v) is 8.95. The van der Waals surface area contributed by atoms with Crippen LogP contribution in [-0.4, -0.2) is 33.1 Å². The van der Waals surface area contributed by atoms with Crippen LogP contribution in [0.15, 0.2) is 54.9 Å². The molecule has 0 spiro atoms. The summed E-state index contributed by atoms with van der Waals surface area (Å²) in [5.74, 6) is -0.0836. The van der Waals surface area contributed by atoms with Gasteiger partial charge in [0, 0.05) is 35.8 Å². The van der Waals surface area contributed by atoms with E-state index in [1.165, 1.54) is 0 Å². The molecule has 27 heavy (non-hydrogen) atoms. The molecular weight excluding hydrogens is 340 g/mol. The maximum absolute atomic E-state index is 12.9. The van der Waals surface area contributed by atoms with Crippen LogP contribution in [-0.2, 0) is 11.3 Å². The standard InChI is InChI=1S/C21H20N4O2/c1-2-18(27)25-12-16-19(17(26)13-25)21(23-15-6-4-3-5-7-15)20(24-16)14-8-10-22-11-9-14/h3-11,23-24H,2,12-13H2,1H3. The van der Waals surface area contributed by atoms with Crippen molar-refractivity contribution >= 4 is 23.1 Å². The first-order valence-electron chi connectivity index (χ1n) is 8.95. The lowest BCUT2D eigenvalue weighted by Crippen LogP contribution is -2.39. The second-order valence-electron chi connectivity index (χ2n) is 6.48. The Morgan fingerprint density at radius 1 is 1.15 bits per heavy atom. The van der Waals surface area contributed by atoms with Crippen molar-refractivity contribution in [1.29, 1.82) is 0 Å². The molecule has 6 heteroatoms. The molecule has 0 atom stereocenters. The number of aromatic nitrogens is 2.